The molecule has 1 N–H and O–H groups in total. The van der Waals surface area contributed by atoms with Gasteiger partial charge in [0.1, 0.15) is 0 Å². The quantitative estimate of drug-likeness (QED) is 0.357. The van der Waals surface area contributed by atoms with E-state index in [-0.39, 0.29) is 34.0 Å². The summed E-state index contributed by atoms with van der Waals surface area (Å²) in [5, 5.41) is 0. The molecule has 1 unspecified atom stereocenters. The largest absolute Gasteiger partial charge is 1.00 e. The molecule has 26 heavy (non-hydrogen) atoms. The maximum absolute atomic E-state index is 13.7. The van der Waals surface area contributed by atoms with E-state index in [0.717, 1.165) is 43.1 Å². The fraction of sp³-hybridized carbons (Fsp3) is 0.412. The molecule has 0 bridgehead atoms. The van der Waals surface area contributed by atoms with Crippen LogP contribution in [0.15, 0.2) is 46.5 Å². The summed E-state index contributed by atoms with van der Waals surface area (Å²) in [6.45, 7) is 0. The van der Waals surface area contributed by atoms with Crippen molar-refractivity contribution < 1.29 is 52.7 Å². The smallest absolute Gasteiger partial charge is 0.774 e. The Kier molecular flexibility index (Phi) is 10.3. The van der Waals surface area contributed by atoms with Crippen molar-refractivity contribution in [1.82, 2.24) is 0 Å². The van der Waals surface area contributed by atoms with Crippen molar-refractivity contribution >= 4 is 35.3 Å². The summed E-state index contributed by atoms with van der Waals surface area (Å²) in [6, 6.07) is 3.97. The van der Waals surface area contributed by atoms with Gasteiger partial charge in [0.15, 0.2) is 0 Å². The third-order valence-corrected chi connectivity index (χ3v) is 6.53. The topological polar surface area (TPSA) is 60.4 Å². The van der Waals surface area contributed by atoms with E-state index >= 15 is 0 Å². The van der Waals surface area contributed by atoms with E-state index in [9.17, 15) is 18.2 Å². The van der Waals surface area contributed by atoms with Crippen LogP contribution in [0.4, 0.5) is 8.78 Å². The number of hydrogen-bond acceptors (Lipinski definition) is 3. The first-order valence-corrected chi connectivity index (χ1v) is 11.4. The van der Waals surface area contributed by atoms with Crippen LogP contribution in [0.2, 0.25) is 0 Å². The Morgan fingerprint density at radius 2 is 2.08 bits per heavy atom. The maximum atomic E-state index is 13.7. The summed E-state index contributed by atoms with van der Waals surface area (Å²) >= 11 is 4.67. The summed E-state index contributed by atoms with van der Waals surface area (Å²) in [5.41, 5.74) is -2.88. The number of benzene rings is 1. The Labute approximate surface area is 187 Å². The molecule has 138 valence electrons. The standard InChI is InChI=1S/C17H20BrF2O3PS.Na/c18-16-11-14(8-9-15(16)17(19,20)24(21,22)23)12-25-10-4-7-13-5-2-1-3-6-13;/h2,5-6,8-9,11H,1,3-4,7,10,12H2,(H2,21,22,23);/q;+1/p-1. The Morgan fingerprint density at radius 1 is 1.35 bits per heavy atom. The second kappa shape index (κ2) is 10.9. The van der Waals surface area contributed by atoms with Gasteiger partial charge in [-0.1, -0.05) is 51.9 Å². The summed E-state index contributed by atoms with van der Waals surface area (Å²) in [5.74, 6) is 1.60. The molecule has 2 rings (SSSR count). The average Bonchev–Trinajstić information content (AvgIpc) is 2.54. The Hall–Kier alpha value is 0.540. The van der Waals surface area contributed by atoms with Crippen LogP contribution in [0.3, 0.4) is 0 Å². The molecule has 9 heteroatoms. The molecule has 0 radical (unpaired) electrons. The number of allylic oxidation sites excluding steroid dienone is 4. The maximum Gasteiger partial charge on any atom is 1.00 e. The van der Waals surface area contributed by atoms with Crippen LogP contribution in [0.1, 0.15) is 36.8 Å². The zero-order valence-electron chi connectivity index (χ0n) is 14.5. The van der Waals surface area contributed by atoms with Crippen molar-refractivity contribution in [3.05, 3.63) is 57.6 Å². The molecule has 1 aliphatic carbocycles. The van der Waals surface area contributed by atoms with Gasteiger partial charge in [-0.05, 0) is 43.1 Å². The van der Waals surface area contributed by atoms with E-state index in [0.29, 0.717) is 5.75 Å². The Bertz CT molecular complexity index is 722. The van der Waals surface area contributed by atoms with Crippen molar-refractivity contribution in [2.45, 2.75) is 37.1 Å². The summed E-state index contributed by atoms with van der Waals surface area (Å²) in [4.78, 5) is 19.6. The molecule has 0 aliphatic heterocycles. The number of thioether (sulfide) groups is 1. The molecule has 1 aromatic carbocycles. The molecule has 1 aliphatic rings. The molecular weight excluding hydrogens is 456 g/mol. The molecule has 0 aromatic heterocycles. The average molecular weight is 475 g/mol. The van der Waals surface area contributed by atoms with E-state index in [1.54, 1.807) is 11.8 Å². The molecule has 0 heterocycles. The van der Waals surface area contributed by atoms with Crippen molar-refractivity contribution in [1.29, 1.82) is 0 Å². The van der Waals surface area contributed by atoms with Crippen molar-refractivity contribution in [3.63, 3.8) is 0 Å². The van der Waals surface area contributed by atoms with Gasteiger partial charge in [-0.15, -0.1) is 0 Å². The number of hydrogen-bond donors (Lipinski definition) is 1. The predicted molar refractivity (Wildman–Crippen MR) is 99.7 cm³/mol. The molecule has 0 saturated heterocycles. The van der Waals surface area contributed by atoms with Gasteiger partial charge in [-0.25, -0.2) is 0 Å². The molecular formula is C17H19BrF2NaO3PS. The molecule has 0 saturated carbocycles. The second-order valence-corrected chi connectivity index (χ2v) is 9.35. The normalized spacial score (nSPS) is 16.6. The van der Waals surface area contributed by atoms with E-state index in [4.69, 9.17) is 4.89 Å². The number of halogens is 3. The number of rotatable bonds is 8. The first-order valence-electron chi connectivity index (χ1n) is 7.86. The molecule has 0 amide bonds. The van der Waals surface area contributed by atoms with Gasteiger partial charge in [0.2, 0.25) is 7.60 Å². The van der Waals surface area contributed by atoms with Crippen LogP contribution < -0.4 is 34.5 Å². The fourth-order valence-corrected chi connectivity index (χ4v) is 4.70. The molecule has 0 spiro atoms. The second-order valence-electron chi connectivity index (χ2n) is 5.79. The van der Waals surface area contributed by atoms with Crippen molar-refractivity contribution in [2.75, 3.05) is 5.75 Å². The van der Waals surface area contributed by atoms with E-state index in [2.05, 4.69) is 34.2 Å². The van der Waals surface area contributed by atoms with Gasteiger partial charge < -0.3 is 14.4 Å². The zero-order valence-corrected chi connectivity index (χ0v) is 19.8. The van der Waals surface area contributed by atoms with Crippen molar-refractivity contribution in [3.8, 4) is 0 Å². The number of alkyl halides is 2. The van der Waals surface area contributed by atoms with Crippen molar-refractivity contribution in [2.24, 2.45) is 0 Å². The molecule has 0 fully saturated rings. The van der Waals surface area contributed by atoms with Crippen LogP contribution in [0, 0.1) is 0 Å². The first-order chi connectivity index (χ1) is 11.7. The molecule has 1 atom stereocenters. The predicted octanol–water partition coefficient (Wildman–Crippen LogP) is 2.34. The SMILES string of the molecule is O=P([O-])(O)C(F)(F)c1ccc(CSCCCC2=CCCC=C2)cc1Br.[Na+]. The van der Waals surface area contributed by atoms with Crippen LogP contribution in [-0.4, -0.2) is 10.6 Å². The minimum absolute atomic E-state index is 0. The fourth-order valence-electron chi connectivity index (χ4n) is 2.47. The minimum atomic E-state index is -5.81. The van der Waals surface area contributed by atoms with E-state index in [1.165, 1.54) is 17.7 Å². The van der Waals surface area contributed by atoms with Gasteiger partial charge in [0, 0.05) is 15.8 Å². The Morgan fingerprint density at radius 3 is 2.65 bits per heavy atom. The first kappa shape index (κ1) is 24.6. The van der Waals surface area contributed by atoms with E-state index in [1.807, 2.05) is 0 Å². The van der Waals surface area contributed by atoms with Crippen LogP contribution >= 0.6 is 35.3 Å². The monoisotopic (exact) mass is 474 g/mol. The molecule has 3 nitrogen and oxygen atoms in total. The third kappa shape index (κ3) is 6.85. The molecule has 1 aromatic rings. The van der Waals surface area contributed by atoms with Crippen LogP contribution in [0.5, 0.6) is 0 Å². The van der Waals surface area contributed by atoms with Gasteiger partial charge in [-0.3, -0.25) is 0 Å². The summed E-state index contributed by atoms with van der Waals surface area (Å²) in [6.07, 6.45) is 10.9. The van der Waals surface area contributed by atoms with Gasteiger partial charge >= 0.3 is 35.2 Å². The van der Waals surface area contributed by atoms with E-state index < -0.39 is 18.8 Å². The minimum Gasteiger partial charge on any atom is -0.774 e. The third-order valence-electron chi connectivity index (χ3n) is 3.81. The van der Waals surface area contributed by atoms with Gasteiger partial charge in [0.05, 0.1) is 0 Å². The van der Waals surface area contributed by atoms with Gasteiger partial charge in [0.25, 0.3) is 0 Å². The summed E-state index contributed by atoms with van der Waals surface area (Å²) in [7, 11) is -5.81. The zero-order chi connectivity index (χ0) is 18.5. The van der Waals surface area contributed by atoms with Gasteiger partial charge in [-0.2, -0.15) is 20.5 Å². The van der Waals surface area contributed by atoms with Crippen LogP contribution in [-0.2, 0) is 16.0 Å². The summed E-state index contributed by atoms with van der Waals surface area (Å²) < 4.78 is 38.3. The van der Waals surface area contributed by atoms with Crippen LogP contribution in [0.25, 0.3) is 0 Å². The Balaban J connectivity index is 0.00000338.